The Kier molecular flexibility index (Phi) is 2.38. The van der Waals surface area contributed by atoms with Crippen LogP contribution < -0.4 is 0 Å². The molecule has 0 aliphatic heterocycles. The van der Waals surface area contributed by atoms with Gasteiger partial charge in [-0.3, -0.25) is 0 Å². The molecule has 0 spiro atoms. The Morgan fingerprint density at radius 2 is 0.800 bits per heavy atom. The third kappa shape index (κ3) is 1.53. The van der Waals surface area contributed by atoms with E-state index in [1.807, 2.05) is 0 Å². The summed E-state index contributed by atoms with van der Waals surface area (Å²) < 4.78 is 0. The lowest BCUT2D eigenvalue weighted by Crippen LogP contribution is -2.25. The summed E-state index contributed by atoms with van der Waals surface area (Å²) in [7, 11) is 0. The smallest absolute Gasteiger partial charge is 0.0414 e. The van der Waals surface area contributed by atoms with E-state index in [0.29, 0.717) is 0 Å². The molecule has 0 radical (unpaired) electrons. The van der Waals surface area contributed by atoms with Crippen LogP contribution in [-0.4, -0.2) is 0 Å². The summed E-state index contributed by atoms with van der Waals surface area (Å²) in [5.41, 5.74) is 0. The standard InChI is InChI=1S/C10H20/c1-7-5-9(3)10(4)6-8(7)2/h7-10H,5-6H2,1-4H3/t7-,8?,9+,10?. The highest BCUT2D eigenvalue weighted by Gasteiger charge is 2.26. The van der Waals surface area contributed by atoms with Crippen molar-refractivity contribution in [3.8, 4) is 0 Å². The minimum absolute atomic E-state index is 0.964. The van der Waals surface area contributed by atoms with Gasteiger partial charge in [-0.2, -0.15) is 0 Å². The highest BCUT2D eigenvalue weighted by Crippen LogP contribution is 2.36. The molecule has 0 N–H and O–H groups in total. The molecule has 1 rings (SSSR count). The van der Waals surface area contributed by atoms with Gasteiger partial charge in [0.05, 0.1) is 0 Å². The minimum atomic E-state index is 0.964. The molecule has 0 aromatic heterocycles. The maximum absolute atomic E-state index is 2.40. The molecule has 1 aliphatic carbocycles. The van der Waals surface area contributed by atoms with Crippen molar-refractivity contribution >= 4 is 0 Å². The van der Waals surface area contributed by atoms with E-state index >= 15 is 0 Å². The van der Waals surface area contributed by atoms with Crippen LogP contribution in [0, 0.1) is 23.7 Å². The fraction of sp³-hybridized carbons (Fsp3) is 1.00. The van der Waals surface area contributed by atoms with Crippen LogP contribution in [-0.2, 0) is 0 Å². The van der Waals surface area contributed by atoms with Crippen molar-refractivity contribution in [2.45, 2.75) is 40.5 Å². The minimum Gasteiger partial charge on any atom is -0.0622 e. The maximum atomic E-state index is 2.40. The summed E-state index contributed by atoms with van der Waals surface area (Å²) in [4.78, 5) is 0. The average Bonchev–Trinajstić information content (AvgIpc) is 1.84. The summed E-state index contributed by atoms with van der Waals surface area (Å²) >= 11 is 0. The summed E-state index contributed by atoms with van der Waals surface area (Å²) in [6.45, 7) is 9.58. The molecule has 60 valence electrons. The quantitative estimate of drug-likeness (QED) is 0.484. The van der Waals surface area contributed by atoms with Gasteiger partial charge in [0.15, 0.2) is 0 Å². The number of hydrogen-bond acceptors (Lipinski definition) is 0. The third-order valence-corrected chi connectivity index (χ3v) is 3.43. The van der Waals surface area contributed by atoms with Crippen molar-refractivity contribution in [2.24, 2.45) is 23.7 Å². The van der Waals surface area contributed by atoms with Gasteiger partial charge in [-0.05, 0) is 36.5 Å². The van der Waals surface area contributed by atoms with Gasteiger partial charge >= 0.3 is 0 Å². The van der Waals surface area contributed by atoms with E-state index in [2.05, 4.69) is 27.7 Å². The van der Waals surface area contributed by atoms with Crippen LogP contribution >= 0.6 is 0 Å². The molecule has 0 heteroatoms. The SMILES string of the molecule is CC1CC(C)[C@@H](C)C[C@H]1C. The Labute approximate surface area is 65.0 Å². The molecule has 0 saturated heterocycles. The van der Waals surface area contributed by atoms with E-state index in [1.54, 1.807) is 0 Å². The molecule has 10 heavy (non-hydrogen) atoms. The van der Waals surface area contributed by atoms with Crippen LogP contribution in [0.3, 0.4) is 0 Å². The van der Waals surface area contributed by atoms with Crippen LogP contribution in [0.2, 0.25) is 0 Å². The van der Waals surface area contributed by atoms with Crippen molar-refractivity contribution in [3.63, 3.8) is 0 Å². The van der Waals surface area contributed by atoms with E-state index in [-0.39, 0.29) is 0 Å². The Hall–Kier alpha value is 0. The fourth-order valence-corrected chi connectivity index (χ4v) is 2.10. The monoisotopic (exact) mass is 140 g/mol. The number of hydrogen-bond donors (Lipinski definition) is 0. The zero-order valence-corrected chi connectivity index (χ0v) is 7.72. The van der Waals surface area contributed by atoms with Crippen LogP contribution in [0.4, 0.5) is 0 Å². The predicted molar refractivity (Wildman–Crippen MR) is 45.9 cm³/mol. The Balaban J connectivity index is 2.46. The fourth-order valence-electron chi connectivity index (χ4n) is 2.10. The zero-order valence-electron chi connectivity index (χ0n) is 7.72. The lowest BCUT2D eigenvalue weighted by molar-refractivity contribution is 0.157. The van der Waals surface area contributed by atoms with Gasteiger partial charge < -0.3 is 0 Å². The predicted octanol–water partition coefficient (Wildman–Crippen LogP) is 3.32. The first-order chi connectivity index (χ1) is 4.61. The molecule has 1 saturated carbocycles. The lowest BCUT2D eigenvalue weighted by atomic mass is 9.71. The summed E-state index contributed by atoms with van der Waals surface area (Å²) in [5, 5.41) is 0. The van der Waals surface area contributed by atoms with E-state index in [4.69, 9.17) is 0 Å². The van der Waals surface area contributed by atoms with Crippen molar-refractivity contribution in [2.75, 3.05) is 0 Å². The summed E-state index contributed by atoms with van der Waals surface area (Å²) in [6.07, 6.45) is 2.89. The molecule has 1 aliphatic rings. The van der Waals surface area contributed by atoms with Crippen molar-refractivity contribution in [1.29, 1.82) is 0 Å². The van der Waals surface area contributed by atoms with Crippen molar-refractivity contribution < 1.29 is 0 Å². The van der Waals surface area contributed by atoms with E-state index in [9.17, 15) is 0 Å². The molecule has 0 aromatic rings. The second kappa shape index (κ2) is 2.94. The van der Waals surface area contributed by atoms with Gasteiger partial charge in [0.2, 0.25) is 0 Å². The molecule has 1 fully saturated rings. The van der Waals surface area contributed by atoms with Gasteiger partial charge in [-0.1, -0.05) is 27.7 Å². The Bertz CT molecular complexity index is 80.6. The average molecular weight is 140 g/mol. The zero-order chi connectivity index (χ0) is 7.72. The lowest BCUT2D eigenvalue weighted by Gasteiger charge is -2.35. The highest BCUT2D eigenvalue weighted by molar-refractivity contribution is 4.77. The summed E-state index contributed by atoms with van der Waals surface area (Å²) in [6, 6.07) is 0. The molecule has 0 heterocycles. The van der Waals surface area contributed by atoms with Crippen LogP contribution in [0.15, 0.2) is 0 Å². The number of rotatable bonds is 0. The van der Waals surface area contributed by atoms with Gasteiger partial charge in [0, 0.05) is 0 Å². The van der Waals surface area contributed by atoms with Gasteiger partial charge in [-0.25, -0.2) is 0 Å². The molecule has 0 amide bonds. The van der Waals surface area contributed by atoms with Gasteiger partial charge in [0.25, 0.3) is 0 Å². The van der Waals surface area contributed by atoms with E-state index in [0.717, 1.165) is 23.7 Å². The topological polar surface area (TPSA) is 0 Å². The normalized spacial score (nSPS) is 49.2. The molecular formula is C10H20. The molecular weight excluding hydrogens is 120 g/mol. The Morgan fingerprint density at radius 3 is 1.00 bits per heavy atom. The van der Waals surface area contributed by atoms with Gasteiger partial charge in [0.1, 0.15) is 0 Å². The first-order valence-electron chi connectivity index (χ1n) is 4.61. The van der Waals surface area contributed by atoms with Crippen LogP contribution in [0.5, 0.6) is 0 Å². The second-order valence-corrected chi connectivity index (χ2v) is 4.38. The van der Waals surface area contributed by atoms with Crippen LogP contribution in [0.25, 0.3) is 0 Å². The molecule has 0 nitrogen and oxygen atoms in total. The van der Waals surface area contributed by atoms with E-state index in [1.165, 1.54) is 12.8 Å². The third-order valence-electron chi connectivity index (χ3n) is 3.43. The van der Waals surface area contributed by atoms with Gasteiger partial charge in [-0.15, -0.1) is 0 Å². The molecule has 0 aromatic carbocycles. The molecule has 2 unspecified atom stereocenters. The first kappa shape index (κ1) is 8.10. The van der Waals surface area contributed by atoms with Crippen LogP contribution in [0.1, 0.15) is 40.5 Å². The first-order valence-corrected chi connectivity index (χ1v) is 4.61. The van der Waals surface area contributed by atoms with Crippen molar-refractivity contribution in [1.82, 2.24) is 0 Å². The molecule has 4 atom stereocenters. The highest BCUT2D eigenvalue weighted by atomic mass is 14.3. The second-order valence-electron chi connectivity index (χ2n) is 4.38. The van der Waals surface area contributed by atoms with Crippen molar-refractivity contribution in [3.05, 3.63) is 0 Å². The Morgan fingerprint density at radius 1 is 0.600 bits per heavy atom. The maximum Gasteiger partial charge on any atom is -0.0414 e. The van der Waals surface area contributed by atoms with E-state index < -0.39 is 0 Å². The molecule has 0 bridgehead atoms. The largest absolute Gasteiger partial charge is 0.0622 e. The summed E-state index contributed by atoms with van der Waals surface area (Å²) in [5.74, 6) is 3.86.